The van der Waals surface area contributed by atoms with Gasteiger partial charge in [-0.3, -0.25) is 9.59 Å². The number of aromatic nitrogens is 2. The number of hydrogen-bond acceptors (Lipinski definition) is 7. The molecule has 9 heteroatoms. The van der Waals surface area contributed by atoms with Crippen molar-refractivity contribution < 1.29 is 14.7 Å². The predicted octanol–water partition coefficient (Wildman–Crippen LogP) is 1.95. The normalized spacial score (nSPS) is 12.1. The third kappa shape index (κ3) is 7.09. The van der Waals surface area contributed by atoms with Crippen molar-refractivity contribution in [2.75, 3.05) is 44.4 Å². The molecule has 172 valence electrons. The van der Waals surface area contributed by atoms with E-state index in [4.69, 9.17) is 0 Å². The van der Waals surface area contributed by atoms with Gasteiger partial charge in [-0.1, -0.05) is 30.3 Å². The number of anilines is 2. The molecule has 2 aromatic carbocycles. The van der Waals surface area contributed by atoms with E-state index in [1.807, 2.05) is 49.3 Å². The van der Waals surface area contributed by atoms with Crippen LogP contribution in [0.2, 0.25) is 0 Å². The number of rotatable bonds is 10. The Balaban J connectivity index is 1.70. The van der Waals surface area contributed by atoms with Gasteiger partial charge in [0.2, 0.25) is 11.8 Å². The number of carbonyl (C=O) groups is 2. The van der Waals surface area contributed by atoms with Crippen molar-refractivity contribution in [2.24, 2.45) is 0 Å². The van der Waals surface area contributed by atoms with Crippen molar-refractivity contribution in [2.45, 2.75) is 6.04 Å². The van der Waals surface area contributed by atoms with Crippen LogP contribution in [0, 0.1) is 0 Å². The van der Waals surface area contributed by atoms with E-state index in [2.05, 4.69) is 25.9 Å². The van der Waals surface area contributed by atoms with Crippen LogP contribution in [0.3, 0.4) is 0 Å². The fourth-order valence-electron chi connectivity index (χ4n) is 3.13. The molecule has 0 unspecified atom stereocenters. The van der Waals surface area contributed by atoms with Gasteiger partial charge in [0.1, 0.15) is 12.1 Å². The maximum Gasteiger partial charge on any atom is 0.248 e. The van der Waals surface area contributed by atoms with E-state index in [9.17, 15) is 14.7 Å². The zero-order valence-corrected chi connectivity index (χ0v) is 18.7. The van der Waals surface area contributed by atoms with Gasteiger partial charge in [-0.05, 0) is 37.9 Å². The lowest BCUT2D eigenvalue weighted by atomic mass is 10.1. The molecule has 0 aliphatic rings. The van der Waals surface area contributed by atoms with Crippen LogP contribution in [0.25, 0.3) is 10.9 Å². The largest absolute Gasteiger partial charge is 0.394 e. The minimum atomic E-state index is -0.430. The Labute approximate surface area is 192 Å². The molecule has 4 N–H and O–H groups in total. The lowest BCUT2D eigenvalue weighted by Crippen LogP contribution is -2.30. The monoisotopic (exact) mass is 448 g/mol. The number of nitrogens with one attached hydrogen (secondary N) is 3. The first-order valence-corrected chi connectivity index (χ1v) is 10.5. The highest BCUT2D eigenvalue weighted by molar-refractivity contribution is 6.04. The van der Waals surface area contributed by atoms with Crippen molar-refractivity contribution in [3.05, 3.63) is 72.6 Å². The maximum atomic E-state index is 12.3. The number of fused-ring (bicyclic) bond motifs is 1. The summed E-state index contributed by atoms with van der Waals surface area (Å²) in [6, 6.07) is 14.5. The number of nitrogens with zero attached hydrogens (tertiary/aromatic N) is 3. The molecule has 0 spiro atoms. The van der Waals surface area contributed by atoms with Gasteiger partial charge in [0.05, 0.1) is 18.2 Å². The molecule has 0 aliphatic heterocycles. The SMILES string of the molecule is CN(C)CCNC(=O)C=CC(=O)Nc1ccc2ncnc(N[C@H](CO)c3ccccc3)c2c1. The predicted molar refractivity (Wildman–Crippen MR) is 129 cm³/mol. The van der Waals surface area contributed by atoms with E-state index in [1.54, 1.807) is 18.2 Å². The average molecular weight is 449 g/mol. The smallest absolute Gasteiger partial charge is 0.248 e. The van der Waals surface area contributed by atoms with Crippen LogP contribution < -0.4 is 16.0 Å². The van der Waals surface area contributed by atoms with Gasteiger partial charge in [0, 0.05) is 36.3 Å². The topological polar surface area (TPSA) is 119 Å². The van der Waals surface area contributed by atoms with Crippen molar-refractivity contribution in [1.82, 2.24) is 20.2 Å². The minimum absolute atomic E-state index is 0.118. The highest BCUT2D eigenvalue weighted by Gasteiger charge is 2.13. The van der Waals surface area contributed by atoms with Gasteiger partial charge in [-0.2, -0.15) is 0 Å². The average Bonchev–Trinajstić information content (AvgIpc) is 2.81. The Bertz CT molecular complexity index is 1120. The Morgan fingerprint density at radius 3 is 2.55 bits per heavy atom. The first-order chi connectivity index (χ1) is 16.0. The van der Waals surface area contributed by atoms with E-state index < -0.39 is 5.91 Å². The lowest BCUT2D eigenvalue weighted by Gasteiger charge is -2.18. The number of aliphatic hydroxyl groups excluding tert-OH is 1. The summed E-state index contributed by atoms with van der Waals surface area (Å²) in [5.41, 5.74) is 2.14. The Morgan fingerprint density at radius 1 is 1.06 bits per heavy atom. The van der Waals surface area contributed by atoms with Gasteiger partial charge in [0.25, 0.3) is 0 Å². The molecule has 0 saturated carbocycles. The Morgan fingerprint density at radius 2 is 1.82 bits per heavy atom. The second kappa shape index (κ2) is 11.7. The quantitative estimate of drug-likeness (QED) is 0.350. The molecular formula is C24H28N6O3. The number of likely N-dealkylation sites (N-methyl/N-ethyl adjacent to an activating group) is 1. The second-order valence-electron chi connectivity index (χ2n) is 7.66. The molecule has 33 heavy (non-hydrogen) atoms. The van der Waals surface area contributed by atoms with Crippen LogP contribution in [0.5, 0.6) is 0 Å². The number of amides is 2. The van der Waals surface area contributed by atoms with Gasteiger partial charge < -0.3 is 26.0 Å². The van der Waals surface area contributed by atoms with Crippen LogP contribution in [-0.2, 0) is 9.59 Å². The number of benzene rings is 2. The zero-order chi connectivity index (χ0) is 23.6. The molecule has 1 heterocycles. The van der Waals surface area contributed by atoms with Crippen LogP contribution in [0.15, 0.2) is 67.0 Å². The number of hydrogen-bond donors (Lipinski definition) is 4. The summed E-state index contributed by atoms with van der Waals surface area (Å²) in [5.74, 6) is -0.225. The first kappa shape index (κ1) is 23.8. The molecule has 3 aromatic rings. The van der Waals surface area contributed by atoms with Crippen LogP contribution in [-0.4, -0.2) is 65.6 Å². The molecule has 0 fully saturated rings. The molecule has 3 rings (SSSR count). The summed E-state index contributed by atoms with van der Waals surface area (Å²) >= 11 is 0. The summed E-state index contributed by atoms with van der Waals surface area (Å²) in [7, 11) is 3.83. The molecule has 1 atom stereocenters. The number of carbonyl (C=O) groups excluding carboxylic acids is 2. The Kier molecular flexibility index (Phi) is 8.45. The molecular weight excluding hydrogens is 420 g/mol. The maximum absolute atomic E-state index is 12.3. The number of aliphatic hydroxyl groups is 1. The van der Waals surface area contributed by atoms with Crippen molar-refractivity contribution in [1.29, 1.82) is 0 Å². The molecule has 0 saturated heterocycles. The third-order valence-corrected chi connectivity index (χ3v) is 4.84. The fraction of sp³-hybridized carbons (Fsp3) is 0.250. The van der Waals surface area contributed by atoms with Crippen LogP contribution in [0.4, 0.5) is 11.5 Å². The van der Waals surface area contributed by atoms with Crippen LogP contribution in [0.1, 0.15) is 11.6 Å². The molecule has 0 aliphatic carbocycles. The highest BCUT2D eigenvalue weighted by Crippen LogP contribution is 2.26. The first-order valence-electron chi connectivity index (χ1n) is 10.5. The van der Waals surface area contributed by atoms with E-state index in [-0.39, 0.29) is 18.6 Å². The second-order valence-corrected chi connectivity index (χ2v) is 7.66. The Hall–Kier alpha value is -3.82. The van der Waals surface area contributed by atoms with Crippen molar-refractivity contribution in [3.63, 3.8) is 0 Å². The highest BCUT2D eigenvalue weighted by atomic mass is 16.3. The third-order valence-electron chi connectivity index (χ3n) is 4.84. The van der Waals surface area contributed by atoms with Crippen LogP contribution >= 0.6 is 0 Å². The zero-order valence-electron chi connectivity index (χ0n) is 18.7. The summed E-state index contributed by atoms with van der Waals surface area (Å²) in [5, 5.41) is 19.3. The van der Waals surface area contributed by atoms with Gasteiger partial charge >= 0.3 is 0 Å². The molecule has 0 radical (unpaired) electrons. The molecule has 1 aromatic heterocycles. The fourth-order valence-corrected chi connectivity index (χ4v) is 3.13. The van der Waals surface area contributed by atoms with E-state index in [1.165, 1.54) is 18.5 Å². The van der Waals surface area contributed by atoms with Gasteiger partial charge in [0.15, 0.2) is 0 Å². The van der Waals surface area contributed by atoms with E-state index >= 15 is 0 Å². The minimum Gasteiger partial charge on any atom is -0.394 e. The summed E-state index contributed by atoms with van der Waals surface area (Å²) in [4.78, 5) is 34.6. The lowest BCUT2D eigenvalue weighted by molar-refractivity contribution is -0.117. The summed E-state index contributed by atoms with van der Waals surface area (Å²) in [6.45, 7) is 1.09. The van der Waals surface area contributed by atoms with Gasteiger partial charge in [-0.25, -0.2) is 9.97 Å². The van der Waals surface area contributed by atoms with E-state index in [0.29, 0.717) is 35.5 Å². The summed E-state index contributed by atoms with van der Waals surface area (Å²) < 4.78 is 0. The van der Waals surface area contributed by atoms with E-state index in [0.717, 1.165) is 5.56 Å². The van der Waals surface area contributed by atoms with Crippen molar-refractivity contribution in [3.8, 4) is 0 Å². The molecule has 2 amide bonds. The molecule has 0 bridgehead atoms. The summed E-state index contributed by atoms with van der Waals surface area (Å²) in [6.07, 6.45) is 3.83. The van der Waals surface area contributed by atoms with Gasteiger partial charge in [-0.15, -0.1) is 0 Å². The van der Waals surface area contributed by atoms with Crippen molar-refractivity contribution >= 4 is 34.2 Å². The molecule has 9 nitrogen and oxygen atoms in total. The standard InChI is InChI=1S/C24H28N6O3/c1-30(2)13-12-25-22(32)10-11-23(33)28-18-8-9-20-19(14-18)24(27-16-26-20)29-21(15-31)17-6-4-3-5-7-17/h3-11,14,16,21,31H,12-13,15H2,1-2H3,(H,25,32)(H,28,33)(H,26,27,29)/t21-/m1/s1.